The number of rotatable bonds is 8. The van der Waals surface area contributed by atoms with Crippen molar-refractivity contribution < 1.29 is 28.2 Å². The van der Waals surface area contributed by atoms with E-state index in [1.807, 2.05) is 25.1 Å². The standard InChI is InChI=1S/C19H19F2NO4/c1-2-26-16-9-4-3-8-14(16)12-6-5-7-13(10-12)18(23)22-15(19(24)25)11-17(20)21/h3-10,15,17H,2,11H2,1H3,(H,22,23)(H,24,25). The first kappa shape index (κ1) is 19.4. The molecule has 2 N–H and O–H groups in total. The molecule has 0 heterocycles. The Morgan fingerprint density at radius 2 is 1.88 bits per heavy atom. The van der Waals surface area contributed by atoms with Crippen LogP contribution in [0.3, 0.4) is 0 Å². The Morgan fingerprint density at radius 1 is 1.15 bits per heavy atom. The lowest BCUT2D eigenvalue weighted by Gasteiger charge is -2.15. The highest BCUT2D eigenvalue weighted by molar-refractivity contribution is 5.97. The molecular weight excluding hydrogens is 344 g/mol. The van der Waals surface area contributed by atoms with Crippen LogP contribution in [0.25, 0.3) is 11.1 Å². The van der Waals surface area contributed by atoms with Gasteiger partial charge >= 0.3 is 5.97 Å². The third kappa shape index (κ3) is 5.02. The summed E-state index contributed by atoms with van der Waals surface area (Å²) in [7, 11) is 0. The number of hydrogen-bond acceptors (Lipinski definition) is 3. The van der Waals surface area contributed by atoms with Gasteiger partial charge in [0.15, 0.2) is 0 Å². The van der Waals surface area contributed by atoms with Gasteiger partial charge in [0, 0.05) is 17.5 Å². The topological polar surface area (TPSA) is 75.6 Å². The summed E-state index contributed by atoms with van der Waals surface area (Å²) in [6.45, 7) is 2.33. The number of carbonyl (C=O) groups is 2. The zero-order valence-corrected chi connectivity index (χ0v) is 14.1. The summed E-state index contributed by atoms with van der Waals surface area (Å²) in [6.07, 6.45) is -3.78. The molecule has 138 valence electrons. The molecule has 2 aromatic rings. The second-order valence-corrected chi connectivity index (χ2v) is 5.50. The molecule has 1 atom stereocenters. The Balaban J connectivity index is 2.26. The van der Waals surface area contributed by atoms with Gasteiger partial charge in [-0.2, -0.15) is 0 Å². The van der Waals surface area contributed by atoms with Gasteiger partial charge < -0.3 is 15.2 Å². The second-order valence-electron chi connectivity index (χ2n) is 5.50. The molecule has 2 aromatic carbocycles. The third-order valence-corrected chi connectivity index (χ3v) is 3.64. The van der Waals surface area contributed by atoms with Crippen molar-refractivity contribution in [1.82, 2.24) is 5.32 Å². The van der Waals surface area contributed by atoms with Crippen LogP contribution in [0.4, 0.5) is 8.78 Å². The van der Waals surface area contributed by atoms with E-state index in [-0.39, 0.29) is 5.56 Å². The number of benzene rings is 2. The van der Waals surface area contributed by atoms with Crippen LogP contribution in [0.5, 0.6) is 5.75 Å². The molecular formula is C19H19F2NO4. The minimum Gasteiger partial charge on any atom is -0.493 e. The average Bonchev–Trinajstić information content (AvgIpc) is 2.61. The third-order valence-electron chi connectivity index (χ3n) is 3.64. The number of nitrogens with one attached hydrogen (secondary N) is 1. The Kier molecular flexibility index (Phi) is 6.66. The number of carboxylic acid groups (broad SMARTS) is 1. The Bertz CT molecular complexity index is 780. The summed E-state index contributed by atoms with van der Waals surface area (Å²) in [5.41, 5.74) is 1.64. The van der Waals surface area contributed by atoms with Crippen LogP contribution in [-0.2, 0) is 4.79 Å². The number of amides is 1. The van der Waals surface area contributed by atoms with Crippen molar-refractivity contribution in [3.63, 3.8) is 0 Å². The summed E-state index contributed by atoms with van der Waals surface area (Å²) in [6, 6.07) is 12.1. The second kappa shape index (κ2) is 8.94. The molecule has 7 heteroatoms. The van der Waals surface area contributed by atoms with E-state index in [1.165, 1.54) is 6.07 Å². The van der Waals surface area contributed by atoms with E-state index in [1.54, 1.807) is 24.3 Å². The quantitative estimate of drug-likeness (QED) is 0.752. The number of aliphatic carboxylic acids is 1. The summed E-state index contributed by atoms with van der Waals surface area (Å²) in [5, 5.41) is 11.1. The lowest BCUT2D eigenvalue weighted by molar-refractivity contribution is -0.140. The van der Waals surface area contributed by atoms with E-state index < -0.39 is 30.8 Å². The molecule has 0 aliphatic carbocycles. The van der Waals surface area contributed by atoms with E-state index in [4.69, 9.17) is 9.84 Å². The molecule has 2 rings (SSSR count). The first-order valence-corrected chi connectivity index (χ1v) is 8.06. The van der Waals surface area contributed by atoms with Gasteiger partial charge in [0.05, 0.1) is 6.61 Å². The monoisotopic (exact) mass is 363 g/mol. The molecule has 0 radical (unpaired) electrons. The normalized spacial score (nSPS) is 11.8. The van der Waals surface area contributed by atoms with Crippen molar-refractivity contribution >= 4 is 11.9 Å². The maximum atomic E-state index is 12.5. The fraction of sp³-hybridized carbons (Fsp3) is 0.263. The van der Waals surface area contributed by atoms with Gasteiger partial charge in [0.1, 0.15) is 11.8 Å². The first-order chi connectivity index (χ1) is 12.4. The molecule has 0 bridgehead atoms. The molecule has 0 aliphatic rings. The van der Waals surface area contributed by atoms with E-state index in [2.05, 4.69) is 5.32 Å². The number of carboxylic acids is 1. The van der Waals surface area contributed by atoms with Crippen LogP contribution in [0.1, 0.15) is 23.7 Å². The number of halogens is 2. The number of alkyl halides is 2. The number of carbonyl (C=O) groups excluding carboxylic acids is 1. The van der Waals surface area contributed by atoms with Crippen molar-refractivity contribution in [3.05, 3.63) is 54.1 Å². The highest BCUT2D eigenvalue weighted by atomic mass is 19.3. The van der Waals surface area contributed by atoms with Crippen LogP contribution in [0.15, 0.2) is 48.5 Å². The summed E-state index contributed by atoms with van der Waals surface area (Å²) >= 11 is 0. The molecule has 0 saturated heterocycles. The number of hydrogen-bond donors (Lipinski definition) is 2. The van der Waals surface area contributed by atoms with E-state index in [0.29, 0.717) is 17.9 Å². The molecule has 0 saturated carbocycles. The van der Waals surface area contributed by atoms with Crippen molar-refractivity contribution in [2.45, 2.75) is 25.8 Å². The first-order valence-electron chi connectivity index (χ1n) is 8.06. The lowest BCUT2D eigenvalue weighted by Crippen LogP contribution is -2.42. The van der Waals surface area contributed by atoms with Crippen molar-refractivity contribution in [3.8, 4) is 16.9 Å². The van der Waals surface area contributed by atoms with Gasteiger partial charge in [-0.05, 0) is 30.7 Å². The highest BCUT2D eigenvalue weighted by Crippen LogP contribution is 2.30. The van der Waals surface area contributed by atoms with Gasteiger partial charge in [0.2, 0.25) is 6.43 Å². The van der Waals surface area contributed by atoms with E-state index in [9.17, 15) is 18.4 Å². The van der Waals surface area contributed by atoms with Gasteiger partial charge in [-0.3, -0.25) is 4.79 Å². The zero-order chi connectivity index (χ0) is 19.1. The van der Waals surface area contributed by atoms with E-state index in [0.717, 1.165) is 5.56 Å². The van der Waals surface area contributed by atoms with Crippen LogP contribution >= 0.6 is 0 Å². The number of para-hydroxylation sites is 1. The molecule has 0 aliphatic heterocycles. The molecule has 1 amide bonds. The number of ether oxygens (including phenoxy) is 1. The molecule has 0 spiro atoms. The van der Waals surface area contributed by atoms with Gasteiger partial charge in [-0.25, -0.2) is 13.6 Å². The van der Waals surface area contributed by atoms with Gasteiger partial charge in [-0.15, -0.1) is 0 Å². The Morgan fingerprint density at radius 3 is 2.54 bits per heavy atom. The SMILES string of the molecule is CCOc1ccccc1-c1cccc(C(=O)NC(CC(F)F)C(=O)O)c1. The van der Waals surface area contributed by atoms with Gasteiger partial charge in [-0.1, -0.05) is 30.3 Å². The highest BCUT2D eigenvalue weighted by Gasteiger charge is 2.24. The predicted octanol–water partition coefficient (Wildman–Crippen LogP) is 3.59. The fourth-order valence-electron chi connectivity index (χ4n) is 2.46. The Labute approximate surface area is 149 Å². The van der Waals surface area contributed by atoms with Crippen LogP contribution < -0.4 is 10.1 Å². The van der Waals surface area contributed by atoms with Crippen molar-refractivity contribution in [1.29, 1.82) is 0 Å². The van der Waals surface area contributed by atoms with Crippen LogP contribution in [0.2, 0.25) is 0 Å². The smallest absolute Gasteiger partial charge is 0.326 e. The summed E-state index contributed by atoms with van der Waals surface area (Å²) in [4.78, 5) is 23.3. The molecule has 1 unspecified atom stereocenters. The maximum absolute atomic E-state index is 12.5. The molecule has 26 heavy (non-hydrogen) atoms. The van der Waals surface area contributed by atoms with Crippen molar-refractivity contribution in [2.24, 2.45) is 0 Å². The largest absolute Gasteiger partial charge is 0.493 e. The average molecular weight is 363 g/mol. The molecule has 0 aromatic heterocycles. The van der Waals surface area contributed by atoms with Crippen LogP contribution in [-0.4, -0.2) is 36.1 Å². The lowest BCUT2D eigenvalue weighted by atomic mass is 10.0. The minimum atomic E-state index is -2.83. The minimum absolute atomic E-state index is 0.175. The zero-order valence-electron chi connectivity index (χ0n) is 14.1. The summed E-state index contributed by atoms with van der Waals surface area (Å²) in [5.74, 6) is -1.58. The molecule has 5 nitrogen and oxygen atoms in total. The molecule has 0 fully saturated rings. The van der Waals surface area contributed by atoms with Crippen LogP contribution in [0, 0.1) is 0 Å². The predicted molar refractivity (Wildman–Crippen MR) is 92.6 cm³/mol. The van der Waals surface area contributed by atoms with Gasteiger partial charge in [0.25, 0.3) is 5.91 Å². The maximum Gasteiger partial charge on any atom is 0.326 e. The van der Waals surface area contributed by atoms with Crippen molar-refractivity contribution in [2.75, 3.05) is 6.61 Å². The Hall–Kier alpha value is -2.96. The summed E-state index contributed by atoms with van der Waals surface area (Å²) < 4.78 is 30.5. The fourth-order valence-corrected chi connectivity index (χ4v) is 2.46. The van der Waals surface area contributed by atoms with E-state index >= 15 is 0 Å².